The van der Waals surface area contributed by atoms with E-state index in [1.165, 1.54) is 5.56 Å². The molecule has 15 heavy (non-hydrogen) atoms. The lowest BCUT2D eigenvalue weighted by molar-refractivity contribution is -0.163. The largest absolute Gasteiger partial charge is 0.330 e. The van der Waals surface area contributed by atoms with Crippen LogP contribution in [-0.4, -0.2) is 29.4 Å². The first kappa shape index (κ1) is 8.92. The van der Waals surface area contributed by atoms with Crippen molar-refractivity contribution in [2.45, 2.75) is 18.5 Å². The van der Waals surface area contributed by atoms with Gasteiger partial charge in [-0.25, -0.2) is 0 Å². The highest BCUT2D eigenvalue weighted by atomic mass is 16.2. The monoisotopic (exact) mass is 202 g/mol. The average Bonchev–Trinajstić information content (AvgIpc) is 2.21. The van der Waals surface area contributed by atoms with Crippen LogP contribution in [0.25, 0.3) is 0 Å². The van der Waals surface area contributed by atoms with Crippen molar-refractivity contribution < 1.29 is 4.79 Å². The Morgan fingerprint density at radius 1 is 1.27 bits per heavy atom. The highest BCUT2D eigenvalue weighted by Gasteiger charge is 2.54. The molecule has 0 atom stereocenters. The van der Waals surface area contributed by atoms with Crippen molar-refractivity contribution in [2.75, 3.05) is 13.1 Å². The molecule has 2 saturated heterocycles. The Bertz CT molecular complexity index is 384. The minimum Gasteiger partial charge on any atom is -0.330 e. The summed E-state index contributed by atoms with van der Waals surface area (Å²) in [5.41, 5.74) is 1.38. The Kier molecular flexibility index (Phi) is 1.83. The molecule has 0 unspecified atom stereocenters. The maximum absolute atomic E-state index is 11.5. The molecule has 2 aliphatic heterocycles. The fourth-order valence-electron chi connectivity index (χ4n) is 2.40. The number of hydrogen-bond acceptors (Lipinski definition) is 2. The number of hydrogen-bond donors (Lipinski definition) is 1. The molecule has 3 nitrogen and oxygen atoms in total. The number of carbonyl (C=O) groups is 1. The first-order chi connectivity index (χ1) is 7.30. The van der Waals surface area contributed by atoms with Crippen LogP contribution in [-0.2, 0) is 11.3 Å². The lowest BCUT2D eigenvalue weighted by Crippen LogP contribution is -2.77. The lowest BCUT2D eigenvalue weighted by atomic mass is 9.78. The SMILES string of the molecule is O=C1CC2(CNC2)N1Cc1ccccc1. The van der Waals surface area contributed by atoms with Gasteiger partial charge >= 0.3 is 0 Å². The third-order valence-corrected chi connectivity index (χ3v) is 3.45. The molecule has 2 aliphatic rings. The Morgan fingerprint density at radius 2 is 2.00 bits per heavy atom. The summed E-state index contributed by atoms with van der Waals surface area (Å²) < 4.78 is 0. The molecule has 0 saturated carbocycles. The molecule has 0 aromatic heterocycles. The predicted octanol–water partition coefficient (Wildman–Crippen LogP) is 0.761. The van der Waals surface area contributed by atoms with Crippen LogP contribution in [0.1, 0.15) is 12.0 Å². The molecule has 2 heterocycles. The van der Waals surface area contributed by atoms with Gasteiger partial charge in [0, 0.05) is 19.6 Å². The first-order valence-electron chi connectivity index (χ1n) is 5.35. The second-order valence-electron chi connectivity index (χ2n) is 4.47. The van der Waals surface area contributed by atoms with Crippen molar-refractivity contribution >= 4 is 5.91 Å². The minimum absolute atomic E-state index is 0.160. The van der Waals surface area contributed by atoms with Crippen molar-refractivity contribution in [3.05, 3.63) is 35.9 Å². The third kappa shape index (κ3) is 1.27. The second-order valence-corrected chi connectivity index (χ2v) is 4.47. The standard InChI is InChI=1S/C12H14N2O/c15-11-6-12(8-13-9-12)14(11)7-10-4-2-1-3-5-10/h1-5,13H,6-9H2. The van der Waals surface area contributed by atoms with Crippen LogP contribution in [0, 0.1) is 0 Å². The van der Waals surface area contributed by atoms with E-state index in [0.29, 0.717) is 5.91 Å². The Labute approximate surface area is 89.1 Å². The molecule has 1 aromatic carbocycles. The predicted molar refractivity (Wildman–Crippen MR) is 57.2 cm³/mol. The molecule has 0 radical (unpaired) electrons. The number of carbonyl (C=O) groups excluding carboxylic acids is 1. The van der Waals surface area contributed by atoms with Gasteiger partial charge in [0.2, 0.25) is 5.91 Å². The molecule has 1 aromatic rings. The van der Waals surface area contributed by atoms with Gasteiger partial charge < -0.3 is 10.2 Å². The summed E-state index contributed by atoms with van der Waals surface area (Å²) in [5, 5.41) is 3.25. The van der Waals surface area contributed by atoms with Crippen LogP contribution in [0.15, 0.2) is 30.3 Å². The van der Waals surface area contributed by atoms with Crippen LogP contribution >= 0.6 is 0 Å². The topological polar surface area (TPSA) is 32.3 Å². The summed E-state index contributed by atoms with van der Waals surface area (Å²) in [7, 11) is 0. The molecule has 0 bridgehead atoms. The zero-order valence-electron chi connectivity index (χ0n) is 8.57. The van der Waals surface area contributed by atoms with E-state index in [0.717, 1.165) is 26.1 Å². The van der Waals surface area contributed by atoms with Crippen LogP contribution in [0.3, 0.4) is 0 Å². The fourth-order valence-corrected chi connectivity index (χ4v) is 2.40. The summed E-state index contributed by atoms with van der Waals surface area (Å²) in [6.07, 6.45) is 0.729. The Balaban J connectivity index is 1.75. The first-order valence-corrected chi connectivity index (χ1v) is 5.35. The summed E-state index contributed by atoms with van der Waals surface area (Å²) in [4.78, 5) is 13.6. The molecule has 0 aliphatic carbocycles. The zero-order chi connectivity index (χ0) is 10.3. The molecular weight excluding hydrogens is 188 g/mol. The molecule has 3 rings (SSSR count). The van der Waals surface area contributed by atoms with Gasteiger partial charge in [0.1, 0.15) is 0 Å². The quantitative estimate of drug-likeness (QED) is 0.718. The molecule has 1 spiro atoms. The lowest BCUT2D eigenvalue weighted by Gasteiger charge is -2.58. The van der Waals surface area contributed by atoms with Crippen LogP contribution in [0.5, 0.6) is 0 Å². The smallest absolute Gasteiger partial charge is 0.225 e. The second kappa shape index (κ2) is 3.07. The number of benzene rings is 1. The number of likely N-dealkylation sites (tertiary alicyclic amines) is 1. The highest BCUT2D eigenvalue weighted by molar-refractivity contribution is 5.85. The molecule has 1 N–H and O–H groups in total. The fraction of sp³-hybridized carbons (Fsp3) is 0.417. The van der Waals surface area contributed by atoms with E-state index in [1.54, 1.807) is 0 Å². The summed E-state index contributed by atoms with van der Waals surface area (Å²) >= 11 is 0. The summed E-state index contributed by atoms with van der Waals surface area (Å²) in [5.74, 6) is 0.292. The maximum Gasteiger partial charge on any atom is 0.225 e. The normalized spacial score (nSPS) is 22.4. The number of nitrogens with one attached hydrogen (secondary N) is 1. The van der Waals surface area contributed by atoms with E-state index in [9.17, 15) is 4.79 Å². The maximum atomic E-state index is 11.5. The average molecular weight is 202 g/mol. The Hall–Kier alpha value is -1.35. The number of amides is 1. The van der Waals surface area contributed by atoms with E-state index in [1.807, 2.05) is 23.1 Å². The van der Waals surface area contributed by atoms with Crippen LogP contribution in [0.2, 0.25) is 0 Å². The third-order valence-electron chi connectivity index (χ3n) is 3.45. The van der Waals surface area contributed by atoms with E-state index >= 15 is 0 Å². The molecule has 3 heteroatoms. The van der Waals surface area contributed by atoms with Crippen LogP contribution < -0.4 is 5.32 Å². The van der Waals surface area contributed by atoms with Gasteiger partial charge in [-0.1, -0.05) is 30.3 Å². The number of β-lactam (4-membered cyclic amide) rings is 1. The van der Waals surface area contributed by atoms with Gasteiger partial charge in [-0.3, -0.25) is 4.79 Å². The number of rotatable bonds is 2. The van der Waals surface area contributed by atoms with Crippen molar-refractivity contribution in [1.29, 1.82) is 0 Å². The van der Waals surface area contributed by atoms with Crippen molar-refractivity contribution in [3.8, 4) is 0 Å². The summed E-state index contributed by atoms with van der Waals surface area (Å²) in [6.45, 7) is 2.69. The molecule has 2 fully saturated rings. The van der Waals surface area contributed by atoms with Crippen molar-refractivity contribution in [3.63, 3.8) is 0 Å². The molecule has 78 valence electrons. The van der Waals surface area contributed by atoms with Gasteiger partial charge in [0.15, 0.2) is 0 Å². The van der Waals surface area contributed by atoms with Gasteiger partial charge in [-0.05, 0) is 5.56 Å². The zero-order valence-corrected chi connectivity index (χ0v) is 8.57. The van der Waals surface area contributed by atoms with E-state index in [2.05, 4.69) is 17.4 Å². The van der Waals surface area contributed by atoms with E-state index in [-0.39, 0.29) is 5.54 Å². The van der Waals surface area contributed by atoms with Crippen molar-refractivity contribution in [2.24, 2.45) is 0 Å². The number of nitrogens with zero attached hydrogens (tertiary/aromatic N) is 1. The minimum atomic E-state index is 0.160. The highest BCUT2D eigenvalue weighted by Crippen LogP contribution is 2.36. The van der Waals surface area contributed by atoms with Gasteiger partial charge in [-0.15, -0.1) is 0 Å². The van der Waals surface area contributed by atoms with Crippen LogP contribution in [0.4, 0.5) is 0 Å². The van der Waals surface area contributed by atoms with E-state index in [4.69, 9.17) is 0 Å². The van der Waals surface area contributed by atoms with Crippen molar-refractivity contribution in [1.82, 2.24) is 10.2 Å². The van der Waals surface area contributed by atoms with Gasteiger partial charge in [-0.2, -0.15) is 0 Å². The molecular formula is C12H14N2O. The Morgan fingerprint density at radius 3 is 2.53 bits per heavy atom. The summed E-state index contributed by atoms with van der Waals surface area (Å²) in [6, 6.07) is 10.2. The van der Waals surface area contributed by atoms with E-state index < -0.39 is 0 Å². The van der Waals surface area contributed by atoms with Gasteiger partial charge in [0.05, 0.1) is 12.0 Å². The molecule has 1 amide bonds. The van der Waals surface area contributed by atoms with Gasteiger partial charge in [0.25, 0.3) is 0 Å².